The molecule has 2 rings (SSSR count). The van der Waals surface area contributed by atoms with Gasteiger partial charge in [-0.1, -0.05) is 0 Å². The van der Waals surface area contributed by atoms with Crippen LogP contribution < -0.4 is 5.32 Å². The van der Waals surface area contributed by atoms with Crippen molar-refractivity contribution in [2.45, 2.75) is 26.9 Å². The molecule has 3 heteroatoms. The van der Waals surface area contributed by atoms with Gasteiger partial charge in [0.15, 0.2) is 0 Å². The van der Waals surface area contributed by atoms with Gasteiger partial charge < -0.3 is 14.3 Å². The van der Waals surface area contributed by atoms with Gasteiger partial charge in [-0.2, -0.15) is 0 Å². The number of hydrogen-bond donors (Lipinski definition) is 1. The molecule has 0 bridgehead atoms. The van der Waals surface area contributed by atoms with E-state index < -0.39 is 0 Å². The molecule has 0 saturated carbocycles. The Morgan fingerprint density at radius 1 is 1.31 bits per heavy atom. The second-order valence-corrected chi connectivity index (χ2v) is 4.15. The summed E-state index contributed by atoms with van der Waals surface area (Å²) in [6.45, 7) is 5.72. The molecule has 0 spiro atoms. The Morgan fingerprint density at radius 2 is 2.12 bits per heavy atom. The fourth-order valence-electron chi connectivity index (χ4n) is 1.86. The van der Waals surface area contributed by atoms with Crippen molar-refractivity contribution in [2.75, 3.05) is 0 Å². The summed E-state index contributed by atoms with van der Waals surface area (Å²) in [7, 11) is 2.06. The number of aryl methyl sites for hydroxylation is 3. The minimum absolute atomic E-state index is 0.856. The second kappa shape index (κ2) is 4.58. The van der Waals surface area contributed by atoms with E-state index in [0.29, 0.717) is 0 Å². The van der Waals surface area contributed by atoms with Crippen LogP contribution in [0.2, 0.25) is 0 Å². The Hall–Kier alpha value is -1.48. The van der Waals surface area contributed by atoms with Crippen molar-refractivity contribution in [1.29, 1.82) is 0 Å². The van der Waals surface area contributed by atoms with Crippen LogP contribution in [-0.4, -0.2) is 4.57 Å². The Balaban J connectivity index is 1.89. The van der Waals surface area contributed by atoms with Gasteiger partial charge in [0.2, 0.25) is 0 Å². The highest BCUT2D eigenvalue weighted by molar-refractivity contribution is 5.20. The summed E-state index contributed by atoms with van der Waals surface area (Å²) in [5, 5.41) is 3.42. The molecule has 0 aliphatic heterocycles. The maximum atomic E-state index is 5.48. The van der Waals surface area contributed by atoms with Crippen molar-refractivity contribution in [3.8, 4) is 0 Å². The molecule has 0 saturated heterocycles. The fourth-order valence-corrected chi connectivity index (χ4v) is 1.86. The third-order valence-electron chi connectivity index (χ3n) is 2.82. The van der Waals surface area contributed by atoms with Gasteiger partial charge in [-0.15, -0.1) is 0 Å². The Kier molecular flexibility index (Phi) is 3.15. The van der Waals surface area contributed by atoms with Crippen LogP contribution >= 0.6 is 0 Å². The highest BCUT2D eigenvalue weighted by atomic mass is 16.3. The van der Waals surface area contributed by atoms with Gasteiger partial charge in [0.05, 0.1) is 0 Å². The molecule has 2 heterocycles. The number of nitrogens with zero attached hydrogens (tertiary/aromatic N) is 1. The number of hydrogen-bond acceptors (Lipinski definition) is 2. The van der Waals surface area contributed by atoms with Crippen molar-refractivity contribution in [2.24, 2.45) is 7.05 Å². The maximum absolute atomic E-state index is 5.48. The van der Waals surface area contributed by atoms with E-state index in [2.05, 4.69) is 41.3 Å². The first-order valence-corrected chi connectivity index (χ1v) is 5.53. The molecule has 16 heavy (non-hydrogen) atoms. The molecule has 2 aromatic heterocycles. The highest BCUT2D eigenvalue weighted by Gasteiger charge is 2.04. The van der Waals surface area contributed by atoms with Gasteiger partial charge in [-0.05, 0) is 32.0 Å². The summed E-state index contributed by atoms with van der Waals surface area (Å²) >= 11 is 0. The molecule has 0 aliphatic carbocycles. The van der Waals surface area contributed by atoms with E-state index in [-0.39, 0.29) is 0 Å². The molecule has 2 aromatic rings. The van der Waals surface area contributed by atoms with E-state index in [9.17, 15) is 0 Å². The van der Waals surface area contributed by atoms with Crippen LogP contribution in [0, 0.1) is 13.8 Å². The fraction of sp³-hybridized carbons (Fsp3) is 0.385. The maximum Gasteiger partial charge on any atom is 0.105 e. The molecule has 0 fully saturated rings. The Bertz CT molecular complexity index is 468. The lowest BCUT2D eigenvalue weighted by atomic mass is 10.2. The molecule has 86 valence electrons. The smallest absolute Gasteiger partial charge is 0.105 e. The summed E-state index contributed by atoms with van der Waals surface area (Å²) in [6, 6.07) is 6.28. The van der Waals surface area contributed by atoms with Crippen LogP contribution in [0.15, 0.2) is 28.8 Å². The lowest BCUT2D eigenvalue weighted by molar-refractivity contribution is 0.498. The number of nitrogens with one attached hydrogen (secondary N) is 1. The van der Waals surface area contributed by atoms with Crippen molar-refractivity contribution >= 4 is 0 Å². The first-order valence-electron chi connectivity index (χ1n) is 5.53. The predicted octanol–water partition coefficient (Wildman–Crippen LogP) is 2.52. The van der Waals surface area contributed by atoms with Gasteiger partial charge >= 0.3 is 0 Å². The molecular formula is C13H18N2O. The standard InChI is InChI=1S/C13H18N2O/c1-10-7-12(11(2)16-10)8-14-9-13-5-4-6-15(13)3/h4-7,14H,8-9H2,1-3H3. The molecule has 0 aromatic carbocycles. The predicted molar refractivity (Wildman–Crippen MR) is 64.1 cm³/mol. The summed E-state index contributed by atoms with van der Waals surface area (Å²) in [5.41, 5.74) is 2.53. The van der Waals surface area contributed by atoms with Gasteiger partial charge in [0.25, 0.3) is 0 Å². The lowest BCUT2D eigenvalue weighted by Gasteiger charge is -2.05. The second-order valence-electron chi connectivity index (χ2n) is 4.15. The Labute approximate surface area is 96.1 Å². The molecule has 0 amide bonds. The quantitative estimate of drug-likeness (QED) is 0.854. The monoisotopic (exact) mass is 218 g/mol. The Morgan fingerprint density at radius 3 is 2.69 bits per heavy atom. The zero-order valence-electron chi connectivity index (χ0n) is 10.1. The third-order valence-corrected chi connectivity index (χ3v) is 2.82. The summed E-state index contributed by atoms with van der Waals surface area (Å²) in [4.78, 5) is 0. The van der Waals surface area contributed by atoms with Crippen LogP contribution in [0.25, 0.3) is 0 Å². The van der Waals surface area contributed by atoms with Crippen molar-refractivity contribution in [1.82, 2.24) is 9.88 Å². The van der Waals surface area contributed by atoms with Crippen molar-refractivity contribution < 1.29 is 4.42 Å². The minimum atomic E-state index is 0.856. The SMILES string of the molecule is Cc1cc(CNCc2cccn2C)c(C)o1. The zero-order valence-corrected chi connectivity index (χ0v) is 10.1. The van der Waals surface area contributed by atoms with Gasteiger partial charge in [-0.3, -0.25) is 0 Å². The van der Waals surface area contributed by atoms with Gasteiger partial charge in [-0.25, -0.2) is 0 Å². The van der Waals surface area contributed by atoms with E-state index in [4.69, 9.17) is 4.42 Å². The first kappa shape index (κ1) is 11.0. The third kappa shape index (κ3) is 2.36. The average Bonchev–Trinajstić information content (AvgIpc) is 2.75. The van der Waals surface area contributed by atoms with E-state index in [1.807, 2.05) is 13.8 Å². The summed E-state index contributed by atoms with van der Waals surface area (Å²) in [6.07, 6.45) is 2.06. The molecule has 1 N–H and O–H groups in total. The molecule has 0 atom stereocenters. The van der Waals surface area contributed by atoms with Crippen molar-refractivity contribution in [3.05, 3.63) is 47.2 Å². The number of furan rings is 1. The van der Waals surface area contributed by atoms with Crippen LogP contribution in [0.1, 0.15) is 22.8 Å². The first-order chi connectivity index (χ1) is 7.66. The number of rotatable bonds is 4. The van der Waals surface area contributed by atoms with E-state index >= 15 is 0 Å². The molecule has 0 unspecified atom stereocenters. The average molecular weight is 218 g/mol. The van der Waals surface area contributed by atoms with Crippen LogP contribution in [0.3, 0.4) is 0 Å². The molecule has 3 nitrogen and oxygen atoms in total. The van der Waals surface area contributed by atoms with Crippen LogP contribution in [0.4, 0.5) is 0 Å². The van der Waals surface area contributed by atoms with Crippen LogP contribution in [0.5, 0.6) is 0 Å². The summed E-state index contributed by atoms with van der Waals surface area (Å²) in [5.74, 6) is 1.99. The molecule has 0 radical (unpaired) electrons. The molecular weight excluding hydrogens is 200 g/mol. The molecule has 0 aliphatic rings. The van der Waals surface area contributed by atoms with Gasteiger partial charge in [0.1, 0.15) is 11.5 Å². The topological polar surface area (TPSA) is 30.1 Å². The highest BCUT2D eigenvalue weighted by Crippen LogP contribution is 2.13. The van der Waals surface area contributed by atoms with Gasteiger partial charge in [0, 0.05) is 37.6 Å². The van der Waals surface area contributed by atoms with Crippen molar-refractivity contribution in [3.63, 3.8) is 0 Å². The lowest BCUT2D eigenvalue weighted by Crippen LogP contribution is -2.14. The number of aromatic nitrogens is 1. The zero-order chi connectivity index (χ0) is 11.5. The minimum Gasteiger partial charge on any atom is -0.466 e. The summed E-state index contributed by atoms with van der Waals surface area (Å²) < 4.78 is 7.61. The largest absolute Gasteiger partial charge is 0.466 e. The van der Waals surface area contributed by atoms with E-state index in [1.54, 1.807) is 0 Å². The van der Waals surface area contributed by atoms with E-state index in [0.717, 1.165) is 24.6 Å². The normalized spacial score (nSPS) is 10.9. The van der Waals surface area contributed by atoms with E-state index in [1.165, 1.54) is 11.3 Å². The van der Waals surface area contributed by atoms with Crippen LogP contribution in [-0.2, 0) is 20.1 Å².